The van der Waals surface area contributed by atoms with Crippen LogP contribution in [0.4, 0.5) is 0 Å². The van der Waals surface area contributed by atoms with Gasteiger partial charge in [0.1, 0.15) is 12.4 Å². The molecule has 0 radical (unpaired) electrons. The topological polar surface area (TPSA) is 38.3 Å². The van der Waals surface area contributed by atoms with Gasteiger partial charge in [-0.05, 0) is 49.4 Å². The van der Waals surface area contributed by atoms with Gasteiger partial charge in [-0.15, -0.1) is 11.3 Å². The van der Waals surface area contributed by atoms with Crippen LogP contribution in [0.15, 0.2) is 29.6 Å². The second kappa shape index (κ2) is 7.65. The molecule has 3 nitrogen and oxygen atoms in total. The van der Waals surface area contributed by atoms with E-state index in [-0.39, 0.29) is 11.9 Å². The molecule has 0 spiro atoms. The maximum atomic E-state index is 12.0. The summed E-state index contributed by atoms with van der Waals surface area (Å²) < 4.78 is 5.74. The Balaban J connectivity index is 1.97. The van der Waals surface area contributed by atoms with E-state index in [1.165, 1.54) is 11.3 Å². The Kier molecular flexibility index (Phi) is 5.86. The van der Waals surface area contributed by atoms with Crippen LogP contribution in [0.2, 0.25) is 5.02 Å². The van der Waals surface area contributed by atoms with Crippen molar-refractivity contribution in [3.8, 4) is 5.75 Å². The van der Waals surface area contributed by atoms with Crippen molar-refractivity contribution in [3.05, 3.63) is 50.7 Å². The van der Waals surface area contributed by atoms with Crippen LogP contribution < -0.4 is 10.1 Å². The van der Waals surface area contributed by atoms with Crippen LogP contribution >= 0.6 is 22.9 Å². The first kappa shape index (κ1) is 16.8. The standard InChI is InChI=1S/C17H20ClNO2S/c1-4-12(3)19-17(20)16-8-13(10-22-16)9-21-15-7-11(2)5-6-14(15)18/h5-8,10,12H,4,9H2,1-3H3,(H,19,20). The van der Waals surface area contributed by atoms with E-state index < -0.39 is 0 Å². The van der Waals surface area contributed by atoms with Crippen LogP contribution in [0.25, 0.3) is 0 Å². The van der Waals surface area contributed by atoms with Gasteiger partial charge in [-0.2, -0.15) is 0 Å². The molecule has 22 heavy (non-hydrogen) atoms. The Morgan fingerprint density at radius 3 is 2.91 bits per heavy atom. The summed E-state index contributed by atoms with van der Waals surface area (Å²) in [6, 6.07) is 7.72. The molecule has 0 fully saturated rings. The van der Waals surface area contributed by atoms with E-state index in [9.17, 15) is 4.79 Å². The summed E-state index contributed by atoms with van der Waals surface area (Å²) in [6.45, 7) is 6.43. The van der Waals surface area contributed by atoms with Gasteiger partial charge in [-0.1, -0.05) is 24.6 Å². The van der Waals surface area contributed by atoms with Gasteiger partial charge >= 0.3 is 0 Å². The molecule has 0 bridgehead atoms. The van der Waals surface area contributed by atoms with E-state index in [0.717, 1.165) is 17.5 Å². The molecular weight excluding hydrogens is 318 g/mol. The first-order valence-electron chi connectivity index (χ1n) is 7.26. The summed E-state index contributed by atoms with van der Waals surface area (Å²) in [6.07, 6.45) is 0.916. The van der Waals surface area contributed by atoms with Crippen molar-refractivity contribution in [1.82, 2.24) is 5.32 Å². The zero-order valence-corrected chi connectivity index (χ0v) is 14.6. The third-order valence-electron chi connectivity index (χ3n) is 3.35. The monoisotopic (exact) mass is 337 g/mol. The summed E-state index contributed by atoms with van der Waals surface area (Å²) >= 11 is 7.53. The Morgan fingerprint density at radius 2 is 2.18 bits per heavy atom. The van der Waals surface area contributed by atoms with Gasteiger partial charge in [-0.3, -0.25) is 4.79 Å². The molecule has 1 amide bonds. The second-order valence-electron chi connectivity index (χ2n) is 5.32. The molecular formula is C17H20ClNO2S. The fourth-order valence-corrected chi connectivity index (χ4v) is 2.82. The number of hydrogen-bond acceptors (Lipinski definition) is 3. The van der Waals surface area contributed by atoms with Crippen molar-refractivity contribution in [2.45, 2.75) is 39.8 Å². The molecule has 1 unspecified atom stereocenters. The van der Waals surface area contributed by atoms with Crippen LogP contribution in [0.1, 0.15) is 41.1 Å². The van der Waals surface area contributed by atoms with Crippen molar-refractivity contribution in [1.29, 1.82) is 0 Å². The van der Waals surface area contributed by atoms with Crippen molar-refractivity contribution in [2.75, 3.05) is 0 Å². The average Bonchev–Trinajstić information content (AvgIpc) is 2.97. The highest BCUT2D eigenvalue weighted by Crippen LogP contribution is 2.26. The minimum Gasteiger partial charge on any atom is -0.487 e. The van der Waals surface area contributed by atoms with Gasteiger partial charge in [-0.25, -0.2) is 0 Å². The quantitative estimate of drug-likeness (QED) is 0.820. The molecule has 0 aliphatic carbocycles. The fourth-order valence-electron chi connectivity index (χ4n) is 1.85. The Bertz CT molecular complexity index is 654. The van der Waals surface area contributed by atoms with Crippen LogP contribution in [-0.2, 0) is 6.61 Å². The minimum absolute atomic E-state index is 0.0285. The predicted octanol–water partition coefficient (Wildman–Crippen LogP) is 4.82. The Morgan fingerprint density at radius 1 is 1.41 bits per heavy atom. The number of benzene rings is 1. The zero-order valence-electron chi connectivity index (χ0n) is 13.0. The molecule has 0 aliphatic rings. The van der Waals surface area contributed by atoms with Crippen molar-refractivity contribution < 1.29 is 9.53 Å². The Hall–Kier alpha value is -1.52. The van der Waals surface area contributed by atoms with E-state index in [1.807, 2.05) is 50.4 Å². The van der Waals surface area contributed by atoms with Crippen LogP contribution in [-0.4, -0.2) is 11.9 Å². The smallest absolute Gasteiger partial charge is 0.261 e. The minimum atomic E-state index is -0.0285. The zero-order chi connectivity index (χ0) is 16.1. The number of halogens is 1. The number of amides is 1. The highest BCUT2D eigenvalue weighted by Gasteiger charge is 2.12. The Labute approximate surface area is 140 Å². The SMILES string of the molecule is CCC(C)NC(=O)c1cc(COc2cc(C)ccc2Cl)cs1. The second-order valence-corrected chi connectivity index (χ2v) is 6.64. The molecule has 2 rings (SSSR count). The van der Waals surface area contributed by atoms with Gasteiger partial charge in [0, 0.05) is 11.6 Å². The van der Waals surface area contributed by atoms with E-state index in [2.05, 4.69) is 5.32 Å². The van der Waals surface area contributed by atoms with E-state index >= 15 is 0 Å². The largest absolute Gasteiger partial charge is 0.487 e. The number of hydrogen-bond donors (Lipinski definition) is 1. The number of aryl methyl sites for hydroxylation is 1. The number of ether oxygens (including phenoxy) is 1. The molecule has 1 N–H and O–H groups in total. The summed E-state index contributed by atoms with van der Waals surface area (Å²) in [5.41, 5.74) is 2.07. The molecule has 1 aromatic carbocycles. The van der Waals surface area contributed by atoms with Gasteiger partial charge in [0.25, 0.3) is 5.91 Å². The van der Waals surface area contributed by atoms with Gasteiger partial charge in [0.05, 0.1) is 9.90 Å². The van der Waals surface area contributed by atoms with Gasteiger partial charge in [0.2, 0.25) is 0 Å². The lowest BCUT2D eigenvalue weighted by molar-refractivity contribution is 0.0943. The predicted molar refractivity (Wildman–Crippen MR) is 92.1 cm³/mol. The van der Waals surface area contributed by atoms with Crippen LogP contribution in [0.3, 0.4) is 0 Å². The van der Waals surface area contributed by atoms with E-state index in [4.69, 9.17) is 16.3 Å². The number of carbonyl (C=O) groups excluding carboxylic acids is 1. The molecule has 2 aromatic rings. The maximum absolute atomic E-state index is 12.0. The summed E-state index contributed by atoms with van der Waals surface area (Å²) in [5, 5.41) is 5.49. The molecule has 0 saturated carbocycles. The number of rotatable bonds is 6. The van der Waals surface area contributed by atoms with Crippen molar-refractivity contribution in [3.63, 3.8) is 0 Å². The molecule has 5 heteroatoms. The summed E-state index contributed by atoms with van der Waals surface area (Å²) in [5.74, 6) is 0.637. The molecule has 0 aliphatic heterocycles. The first-order valence-corrected chi connectivity index (χ1v) is 8.52. The molecule has 1 aromatic heterocycles. The normalized spacial score (nSPS) is 12.0. The average molecular weight is 338 g/mol. The lowest BCUT2D eigenvalue weighted by Gasteiger charge is -2.09. The highest BCUT2D eigenvalue weighted by atomic mass is 35.5. The third kappa shape index (κ3) is 4.49. The van der Waals surface area contributed by atoms with E-state index in [0.29, 0.717) is 22.3 Å². The van der Waals surface area contributed by atoms with Gasteiger partial charge in [0.15, 0.2) is 0 Å². The number of nitrogens with one attached hydrogen (secondary N) is 1. The summed E-state index contributed by atoms with van der Waals surface area (Å²) in [4.78, 5) is 12.7. The number of carbonyl (C=O) groups is 1. The maximum Gasteiger partial charge on any atom is 0.261 e. The molecule has 1 atom stereocenters. The lowest BCUT2D eigenvalue weighted by Crippen LogP contribution is -2.31. The van der Waals surface area contributed by atoms with E-state index in [1.54, 1.807) is 0 Å². The highest BCUT2D eigenvalue weighted by molar-refractivity contribution is 7.12. The van der Waals surface area contributed by atoms with Gasteiger partial charge < -0.3 is 10.1 Å². The number of thiophene rings is 1. The fraction of sp³-hybridized carbons (Fsp3) is 0.353. The molecule has 0 saturated heterocycles. The first-order chi connectivity index (χ1) is 10.5. The summed E-state index contributed by atoms with van der Waals surface area (Å²) in [7, 11) is 0. The van der Waals surface area contributed by atoms with Crippen LogP contribution in [0, 0.1) is 6.92 Å². The van der Waals surface area contributed by atoms with Crippen molar-refractivity contribution >= 4 is 28.8 Å². The molecule has 1 heterocycles. The third-order valence-corrected chi connectivity index (χ3v) is 4.64. The molecule has 118 valence electrons. The lowest BCUT2D eigenvalue weighted by atomic mass is 10.2. The van der Waals surface area contributed by atoms with Crippen molar-refractivity contribution in [2.24, 2.45) is 0 Å². The van der Waals surface area contributed by atoms with Crippen LogP contribution in [0.5, 0.6) is 5.75 Å².